The molecule has 0 atom stereocenters. The highest BCUT2D eigenvalue weighted by Crippen LogP contribution is 2.02. The number of aliphatic hydroxyl groups is 1. The summed E-state index contributed by atoms with van der Waals surface area (Å²) in [6, 6.07) is 0. The van der Waals surface area contributed by atoms with Crippen LogP contribution in [0.15, 0.2) is 0 Å². The van der Waals surface area contributed by atoms with Gasteiger partial charge in [0, 0.05) is 0 Å². The number of hydrogen-bond acceptors (Lipinski definition) is 2. The molecule has 10 heavy (non-hydrogen) atoms. The molecule has 0 saturated heterocycles. The van der Waals surface area contributed by atoms with Crippen LogP contribution in [-0.4, -0.2) is 16.2 Å². The molecular weight excluding hydrogens is 132 g/mol. The standard InChI is InChI=1S/C7H12O3/c8-6-4-2-1-3-5-7(9)10/h5-6,8H,1-4H2,(H,9,10). The van der Waals surface area contributed by atoms with Gasteiger partial charge in [0.2, 0.25) is 0 Å². The average molecular weight is 144 g/mol. The highest BCUT2D eigenvalue weighted by molar-refractivity contribution is 5.76. The summed E-state index contributed by atoms with van der Waals surface area (Å²) in [5.41, 5.74) is 0. The number of carboxylic acid groups (broad SMARTS) is 1. The lowest BCUT2D eigenvalue weighted by Crippen LogP contribution is -1.94. The zero-order chi connectivity index (χ0) is 7.82. The number of aliphatic hydroxyl groups excluding tert-OH is 1. The molecule has 0 bridgehead atoms. The third kappa shape index (κ3) is 7.43. The predicted octanol–water partition coefficient (Wildman–Crippen LogP) is 1.37. The van der Waals surface area contributed by atoms with Gasteiger partial charge in [-0.3, -0.25) is 4.79 Å². The first-order chi connectivity index (χ1) is 4.77. The number of aliphatic carboxylic acids is 1. The third-order valence-corrected chi connectivity index (χ3v) is 1.11. The lowest BCUT2D eigenvalue weighted by Gasteiger charge is -1.94. The van der Waals surface area contributed by atoms with E-state index in [1.165, 1.54) is 6.42 Å². The monoisotopic (exact) mass is 144 g/mol. The maximum absolute atomic E-state index is 9.92. The van der Waals surface area contributed by atoms with Crippen molar-refractivity contribution in [3.05, 3.63) is 13.0 Å². The van der Waals surface area contributed by atoms with Crippen LogP contribution in [0.5, 0.6) is 0 Å². The molecule has 0 unspecified atom stereocenters. The summed E-state index contributed by atoms with van der Waals surface area (Å²) in [6.45, 7) is 1.10. The van der Waals surface area contributed by atoms with Gasteiger partial charge in [-0.1, -0.05) is 12.8 Å². The number of unbranched alkanes of at least 4 members (excludes halogenated alkanes) is 3. The van der Waals surface area contributed by atoms with E-state index in [1.807, 2.05) is 0 Å². The van der Waals surface area contributed by atoms with E-state index < -0.39 is 5.97 Å². The van der Waals surface area contributed by atoms with Gasteiger partial charge in [-0.05, 0) is 12.8 Å². The molecule has 0 spiro atoms. The Balaban J connectivity index is 2.84. The Kier molecular flexibility index (Phi) is 6.18. The van der Waals surface area contributed by atoms with Crippen LogP contribution >= 0.6 is 0 Å². The molecule has 0 amide bonds. The van der Waals surface area contributed by atoms with E-state index in [-0.39, 0.29) is 0 Å². The molecule has 0 heterocycles. The molecule has 2 radical (unpaired) electrons. The minimum Gasteiger partial charge on any atom is -0.481 e. The van der Waals surface area contributed by atoms with Crippen LogP contribution in [-0.2, 0) is 4.79 Å². The van der Waals surface area contributed by atoms with E-state index in [1.54, 1.807) is 0 Å². The second kappa shape index (κ2) is 6.55. The number of carboxylic acids is 1. The lowest BCUT2D eigenvalue weighted by atomic mass is 10.1. The van der Waals surface area contributed by atoms with E-state index in [2.05, 4.69) is 0 Å². The van der Waals surface area contributed by atoms with Crippen molar-refractivity contribution in [2.75, 3.05) is 0 Å². The second-order valence-corrected chi connectivity index (χ2v) is 2.01. The van der Waals surface area contributed by atoms with Crippen LogP contribution in [0.1, 0.15) is 25.7 Å². The lowest BCUT2D eigenvalue weighted by molar-refractivity contribution is -0.133. The molecule has 0 fully saturated rings. The van der Waals surface area contributed by atoms with Gasteiger partial charge in [0.1, 0.15) is 0 Å². The molecule has 2 N–H and O–H groups in total. The summed E-state index contributed by atoms with van der Waals surface area (Å²) in [5, 5.41) is 16.4. The van der Waals surface area contributed by atoms with E-state index in [4.69, 9.17) is 10.2 Å². The maximum Gasteiger partial charge on any atom is 0.307 e. The van der Waals surface area contributed by atoms with Crippen LogP contribution in [0.2, 0.25) is 0 Å². The van der Waals surface area contributed by atoms with Gasteiger partial charge in [0.25, 0.3) is 0 Å². The summed E-state index contributed by atoms with van der Waals surface area (Å²) in [6.07, 6.45) is 4.14. The molecule has 0 aromatic rings. The largest absolute Gasteiger partial charge is 0.481 e. The fraction of sp³-hybridized carbons (Fsp3) is 0.571. The Morgan fingerprint density at radius 3 is 2.40 bits per heavy atom. The molecule has 3 nitrogen and oxygen atoms in total. The van der Waals surface area contributed by atoms with Crippen LogP contribution in [0.3, 0.4) is 0 Å². The van der Waals surface area contributed by atoms with E-state index in [0.29, 0.717) is 12.8 Å². The van der Waals surface area contributed by atoms with Crippen LogP contribution in [0.25, 0.3) is 0 Å². The van der Waals surface area contributed by atoms with Gasteiger partial charge in [-0.25, -0.2) is 0 Å². The number of hydrogen-bond donors (Lipinski definition) is 2. The van der Waals surface area contributed by atoms with Crippen LogP contribution < -0.4 is 0 Å². The van der Waals surface area contributed by atoms with Crippen molar-refractivity contribution in [1.29, 1.82) is 0 Å². The van der Waals surface area contributed by atoms with E-state index in [0.717, 1.165) is 19.4 Å². The van der Waals surface area contributed by atoms with E-state index in [9.17, 15) is 4.79 Å². The fourth-order valence-electron chi connectivity index (χ4n) is 0.605. The first-order valence-electron chi connectivity index (χ1n) is 3.29. The van der Waals surface area contributed by atoms with Gasteiger partial charge < -0.3 is 10.2 Å². The Morgan fingerprint density at radius 2 is 1.90 bits per heavy atom. The Bertz CT molecular complexity index is 90.9. The highest BCUT2D eigenvalue weighted by atomic mass is 16.4. The van der Waals surface area contributed by atoms with Crippen LogP contribution in [0.4, 0.5) is 0 Å². The number of rotatable bonds is 6. The Morgan fingerprint density at radius 1 is 1.30 bits per heavy atom. The van der Waals surface area contributed by atoms with Gasteiger partial charge in [-0.2, -0.15) is 0 Å². The van der Waals surface area contributed by atoms with Gasteiger partial charge >= 0.3 is 5.97 Å². The van der Waals surface area contributed by atoms with Gasteiger partial charge in [0.15, 0.2) is 0 Å². The number of carbonyl (C=O) groups is 1. The molecule has 3 heteroatoms. The summed E-state index contributed by atoms with van der Waals surface area (Å²) >= 11 is 0. The van der Waals surface area contributed by atoms with Crippen LogP contribution in [0, 0.1) is 13.0 Å². The molecule has 0 aliphatic heterocycles. The quantitative estimate of drug-likeness (QED) is 0.553. The maximum atomic E-state index is 9.92. The van der Waals surface area contributed by atoms with Crippen molar-refractivity contribution in [2.24, 2.45) is 0 Å². The van der Waals surface area contributed by atoms with Crippen molar-refractivity contribution in [3.8, 4) is 0 Å². The average Bonchev–Trinajstić information content (AvgIpc) is 1.87. The molecule has 0 aromatic carbocycles. The Labute approximate surface area is 60.7 Å². The van der Waals surface area contributed by atoms with Gasteiger partial charge in [0.05, 0.1) is 13.0 Å². The first kappa shape index (κ1) is 9.43. The van der Waals surface area contributed by atoms with Crippen molar-refractivity contribution < 1.29 is 15.0 Å². The highest BCUT2D eigenvalue weighted by Gasteiger charge is 1.95. The second-order valence-electron chi connectivity index (χ2n) is 2.01. The topological polar surface area (TPSA) is 57.5 Å². The fourth-order valence-corrected chi connectivity index (χ4v) is 0.605. The van der Waals surface area contributed by atoms with Crippen molar-refractivity contribution >= 4 is 5.97 Å². The first-order valence-corrected chi connectivity index (χ1v) is 3.29. The molecule has 0 aromatic heterocycles. The summed E-state index contributed by atoms with van der Waals surface area (Å²) in [4.78, 5) is 9.92. The van der Waals surface area contributed by atoms with E-state index >= 15 is 0 Å². The zero-order valence-electron chi connectivity index (χ0n) is 5.79. The third-order valence-electron chi connectivity index (χ3n) is 1.11. The van der Waals surface area contributed by atoms with Crippen molar-refractivity contribution in [2.45, 2.75) is 25.7 Å². The smallest absolute Gasteiger partial charge is 0.307 e. The summed E-state index contributed by atoms with van der Waals surface area (Å²) in [7, 11) is 0. The molecule has 58 valence electrons. The van der Waals surface area contributed by atoms with Gasteiger partial charge in [-0.15, -0.1) is 0 Å². The summed E-state index contributed by atoms with van der Waals surface area (Å²) < 4.78 is 0. The molecular formula is C7H12O3. The zero-order valence-corrected chi connectivity index (χ0v) is 5.79. The Hall–Kier alpha value is -0.570. The molecule has 0 aliphatic rings. The molecule has 0 aliphatic carbocycles. The molecule has 0 saturated carbocycles. The van der Waals surface area contributed by atoms with Crippen molar-refractivity contribution in [3.63, 3.8) is 0 Å². The van der Waals surface area contributed by atoms with Crippen molar-refractivity contribution in [1.82, 2.24) is 0 Å². The minimum absolute atomic E-state index is 0.586. The normalized spacial score (nSPS) is 9.70. The SMILES string of the molecule is O=C(O)[CH]CCCC[CH]O. The predicted molar refractivity (Wildman–Crippen MR) is 36.6 cm³/mol. The molecule has 0 rings (SSSR count). The minimum atomic E-state index is -0.868. The summed E-state index contributed by atoms with van der Waals surface area (Å²) in [5.74, 6) is -0.868.